The molecule has 1 aliphatic carbocycles. The van der Waals surface area contributed by atoms with Gasteiger partial charge in [0.25, 0.3) is 0 Å². The second-order valence-corrected chi connectivity index (χ2v) is 8.17. The van der Waals surface area contributed by atoms with Crippen molar-refractivity contribution in [3.8, 4) is 0 Å². The summed E-state index contributed by atoms with van der Waals surface area (Å²) in [4.78, 5) is 24.2. The first-order chi connectivity index (χ1) is 12.6. The summed E-state index contributed by atoms with van der Waals surface area (Å²) >= 11 is 1.62. The van der Waals surface area contributed by atoms with Crippen molar-refractivity contribution in [3.05, 3.63) is 53.3 Å². The van der Waals surface area contributed by atoms with Crippen LogP contribution in [0, 0.1) is 19.8 Å². The molecule has 5 heteroatoms. The molecule has 0 radical (unpaired) electrons. The average Bonchev–Trinajstić information content (AvgIpc) is 3.29. The fourth-order valence-electron chi connectivity index (χ4n) is 3.79. The molecule has 0 unspecified atom stereocenters. The van der Waals surface area contributed by atoms with Crippen LogP contribution in [0.5, 0.6) is 0 Å². The molecule has 1 fully saturated rings. The van der Waals surface area contributed by atoms with Gasteiger partial charge >= 0.3 is 0 Å². The molecule has 26 heavy (non-hydrogen) atoms. The molecule has 2 aromatic heterocycles. The van der Waals surface area contributed by atoms with Crippen LogP contribution >= 0.6 is 11.3 Å². The highest BCUT2D eigenvalue weighted by Crippen LogP contribution is 2.35. The summed E-state index contributed by atoms with van der Waals surface area (Å²) in [6, 6.07) is 8.21. The number of nitrogens with zero attached hydrogens (tertiary/aromatic N) is 3. The molecule has 3 aromatic rings. The zero-order valence-electron chi connectivity index (χ0n) is 15.2. The molecule has 0 saturated heterocycles. The van der Waals surface area contributed by atoms with Gasteiger partial charge in [-0.2, -0.15) is 0 Å². The summed E-state index contributed by atoms with van der Waals surface area (Å²) in [5.74, 6) is 0.335. The number of carbonyl (C=O) groups is 1. The van der Waals surface area contributed by atoms with Crippen LogP contribution in [0.2, 0.25) is 0 Å². The Morgan fingerprint density at radius 2 is 2.08 bits per heavy atom. The predicted octanol–water partition coefficient (Wildman–Crippen LogP) is 5.03. The lowest BCUT2D eigenvalue weighted by Gasteiger charge is -2.23. The van der Waals surface area contributed by atoms with E-state index in [2.05, 4.69) is 31.0 Å². The molecule has 0 bridgehead atoms. The van der Waals surface area contributed by atoms with E-state index in [4.69, 9.17) is 4.98 Å². The number of hydrogen-bond donors (Lipinski definition) is 0. The Labute approximate surface area is 157 Å². The lowest BCUT2D eigenvalue weighted by atomic mass is 10.1. The van der Waals surface area contributed by atoms with Gasteiger partial charge in [0.15, 0.2) is 5.13 Å². The van der Waals surface area contributed by atoms with E-state index in [0.29, 0.717) is 6.54 Å². The van der Waals surface area contributed by atoms with E-state index < -0.39 is 0 Å². The van der Waals surface area contributed by atoms with Crippen LogP contribution in [0.4, 0.5) is 5.13 Å². The monoisotopic (exact) mass is 365 g/mol. The summed E-state index contributed by atoms with van der Waals surface area (Å²) in [6.07, 6.45) is 7.87. The maximum atomic E-state index is 13.3. The van der Waals surface area contributed by atoms with E-state index in [1.54, 1.807) is 17.5 Å². The van der Waals surface area contributed by atoms with Gasteiger partial charge in [-0.1, -0.05) is 36.3 Å². The van der Waals surface area contributed by atoms with E-state index in [9.17, 15) is 4.79 Å². The number of fused-ring (bicyclic) bond motifs is 1. The Morgan fingerprint density at radius 1 is 1.27 bits per heavy atom. The van der Waals surface area contributed by atoms with Gasteiger partial charge in [-0.25, -0.2) is 4.98 Å². The molecule has 0 aliphatic heterocycles. The summed E-state index contributed by atoms with van der Waals surface area (Å²) in [6.45, 7) is 4.73. The fourth-order valence-corrected chi connectivity index (χ4v) is 4.81. The van der Waals surface area contributed by atoms with Crippen molar-refractivity contribution < 1.29 is 4.79 Å². The Balaban J connectivity index is 1.74. The van der Waals surface area contributed by atoms with Crippen LogP contribution in [0.15, 0.2) is 36.7 Å². The number of carbonyl (C=O) groups excluding carboxylic acids is 1. The van der Waals surface area contributed by atoms with Crippen molar-refractivity contribution in [3.63, 3.8) is 0 Å². The largest absolute Gasteiger partial charge is 0.283 e. The lowest BCUT2D eigenvalue weighted by molar-refractivity contribution is -0.122. The summed E-state index contributed by atoms with van der Waals surface area (Å²) in [5, 5.41) is 0.800. The minimum atomic E-state index is 0.126. The minimum Gasteiger partial charge on any atom is -0.283 e. The predicted molar refractivity (Wildman–Crippen MR) is 106 cm³/mol. The molecular formula is C21H23N3OS. The summed E-state index contributed by atoms with van der Waals surface area (Å²) < 4.78 is 1.17. The van der Waals surface area contributed by atoms with Gasteiger partial charge in [0.2, 0.25) is 5.91 Å². The molecule has 134 valence electrons. The third-order valence-electron chi connectivity index (χ3n) is 5.07. The second-order valence-electron chi connectivity index (χ2n) is 7.19. The number of aryl methyl sites for hydroxylation is 2. The molecule has 1 aromatic carbocycles. The summed E-state index contributed by atoms with van der Waals surface area (Å²) in [7, 11) is 0. The van der Waals surface area contributed by atoms with Crippen LogP contribution in [0.25, 0.3) is 10.2 Å². The maximum absolute atomic E-state index is 13.3. The van der Waals surface area contributed by atoms with Crippen molar-refractivity contribution in [1.82, 2.24) is 9.97 Å². The third-order valence-corrected chi connectivity index (χ3v) is 6.30. The van der Waals surface area contributed by atoms with Crippen molar-refractivity contribution in [2.45, 2.75) is 46.1 Å². The smallest absolute Gasteiger partial charge is 0.232 e. The maximum Gasteiger partial charge on any atom is 0.232 e. The Kier molecular flexibility index (Phi) is 4.72. The van der Waals surface area contributed by atoms with E-state index in [0.717, 1.165) is 41.9 Å². The first-order valence-corrected chi connectivity index (χ1v) is 10.0. The number of benzene rings is 1. The van der Waals surface area contributed by atoms with Crippen LogP contribution < -0.4 is 4.90 Å². The van der Waals surface area contributed by atoms with Crippen LogP contribution in [0.3, 0.4) is 0 Å². The van der Waals surface area contributed by atoms with Gasteiger partial charge in [0, 0.05) is 18.3 Å². The van der Waals surface area contributed by atoms with Gasteiger partial charge in [-0.3, -0.25) is 14.7 Å². The Hall–Kier alpha value is -2.27. The van der Waals surface area contributed by atoms with E-state index in [1.165, 1.54) is 15.8 Å². The van der Waals surface area contributed by atoms with E-state index in [1.807, 2.05) is 23.2 Å². The average molecular weight is 366 g/mol. The number of amides is 1. The molecule has 1 aliphatic rings. The van der Waals surface area contributed by atoms with E-state index in [-0.39, 0.29) is 11.8 Å². The van der Waals surface area contributed by atoms with Crippen LogP contribution in [-0.2, 0) is 11.3 Å². The molecule has 0 spiro atoms. The quantitative estimate of drug-likeness (QED) is 0.651. The number of hydrogen-bond acceptors (Lipinski definition) is 4. The number of pyridine rings is 1. The van der Waals surface area contributed by atoms with Crippen LogP contribution in [-0.4, -0.2) is 15.9 Å². The van der Waals surface area contributed by atoms with Gasteiger partial charge < -0.3 is 0 Å². The van der Waals surface area contributed by atoms with Crippen molar-refractivity contribution in [2.75, 3.05) is 4.90 Å². The number of anilines is 1. The second kappa shape index (κ2) is 7.16. The number of aromatic nitrogens is 2. The minimum absolute atomic E-state index is 0.126. The standard InChI is InChI=1S/C21H23N3OS/c1-14-10-15(2)19-18(11-14)23-21(26-19)24(13-16-6-5-9-22-12-16)20(25)17-7-3-4-8-17/h5-6,9-12,17H,3-4,7-8,13H2,1-2H3. The third kappa shape index (κ3) is 3.36. The highest BCUT2D eigenvalue weighted by atomic mass is 32.1. The SMILES string of the molecule is Cc1cc(C)c2sc(N(Cc3cccnc3)C(=O)C3CCCC3)nc2c1. The molecular weight excluding hydrogens is 342 g/mol. The molecule has 1 amide bonds. The number of rotatable bonds is 4. The molecule has 0 atom stereocenters. The Morgan fingerprint density at radius 3 is 2.81 bits per heavy atom. The summed E-state index contributed by atoms with van der Waals surface area (Å²) in [5.41, 5.74) is 4.44. The fraction of sp³-hybridized carbons (Fsp3) is 0.381. The lowest BCUT2D eigenvalue weighted by Crippen LogP contribution is -2.34. The van der Waals surface area contributed by atoms with Crippen molar-refractivity contribution in [2.24, 2.45) is 5.92 Å². The van der Waals surface area contributed by atoms with Gasteiger partial charge in [0.05, 0.1) is 16.8 Å². The van der Waals surface area contributed by atoms with Gasteiger partial charge in [0.1, 0.15) is 0 Å². The molecule has 4 nitrogen and oxygen atoms in total. The van der Waals surface area contributed by atoms with Gasteiger partial charge in [-0.15, -0.1) is 0 Å². The number of thiazole rings is 1. The highest BCUT2D eigenvalue weighted by Gasteiger charge is 2.30. The zero-order chi connectivity index (χ0) is 18.1. The van der Waals surface area contributed by atoms with Crippen LogP contribution in [0.1, 0.15) is 42.4 Å². The first kappa shape index (κ1) is 17.2. The van der Waals surface area contributed by atoms with Crippen molar-refractivity contribution in [1.29, 1.82) is 0 Å². The van der Waals surface area contributed by atoms with Crippen molar-refractivity contribution >= 4 is 32.6 Å². The molecule has 1 saturated carbocycles. The first-order valence-electron chi connectivity index (χ1n) is 9.20. The highest BCUT2D eigenvalue weighted by molar-refractivity contribution is 7.22. The molecule has 4 rings (SSSR count). The normalized spacial score (nSPS) is 14.8. The Bertz CT molecular complexity index is 929. The van der Waals surface area contributed by atoms with E-state index >= 15 is 0 Å². The zero-order valence-corrected chi connectivity index (χ0v) is 16.1. The van der Waals surface area contributed by atoms with Gasteiger partial charge in [-0.05, 0) is 55.5 Å². The molecule has 2 heterocycles. The molecule has 0 N–H and O–H groups in total. The topological polar surface area (TPSA) is 46.1 Å².